The lowest BCUT2D eigenvalue weighted by Gasteiger charge is -2.24. The number of carbonyl (C=O) groups excluding carboxylic acids is 2. The largest absolute Gasteiger partial charge is 0.497 e. The molecule has 2 unspecified atom stereocenters. The van der Waals surface area contributed by atoms with Gasteiger partial charge in [-0.1, -0.05) is 36.8 Å². The number of rotatable bonds is 5. The first-order valence-corrected chi connectivity index (χ1v) is 11.5. The fraction of sp³-hybridized carbons (Fsp3) is 0.440. The maximum Gasteiger partial charge on any atom is 0.243 e. The lowest BCUT2D eigenvalue weighted by molar-refractivity contribution is -0.137. The van der Waals surface area contributed by atoms with Crippen molar-refractivity contribution < 1.29 is 23.5 Å². The molecule has 2 atom stereocenters. The smallest absolute Gasteiger partial charge is 0.243 e. The highest BCUT2D eigenvalue weighted by Crippen LogP contribution is 2.51. The van der Waals surface area contributed by atoms with Crippen LogP contribution in [0.4, 0.5) is 4.39 Å². The number of nitrogens with zero attached hydrogens (tertiary/aromatic N) is 1. The van der Waals surface area contributed by atoms with Crippen molar-refractivity contribution in [1.29, 1.82) is 0 Å². The van der Waals surface area contributed by atoms with Gasteiger partial charge in [-0.05, 0) is 38.3 Å². The number of hydrogen-bond donors (Lipinski definition) is 1. The highest BCUT2D eigenvalue weighted by molar-refractivity contribution is 6.31. The summed E-state index contributed by atoms with van der Waals surface area (Å²) in [5.41, 5.74) is 0.587. The van der Waals surface area contributed by atoms with Crippen LogP contribution in [-0.4, -0.2) is 43.0 Å². The second-order valence-corrected chi connectivity index (χ2v) is 9.09. The fourth-order valence-corrected chi connectivity index (χ4v) is 4.90. The number of likely N-dealkylation sites (tertiary alicyclic amines) is 1. The maximum absolute atomic E-state index is 13.8. The van der Waals surface area contributed by atoms with E-state index in [1.807, 2.05) is 25.2 Å². The van der Waals surface area contributed by atoms with Crippen LogP contribution in [0.1, 0.15) is 33.6 Å². The molecule has 0 aromatic heterocycles. The molecule has 6 nitrogen and oxygen atoms in total. The van der Waals surface area contributed by atoms with Gasteiger partial charge in [0.15, 0.2) is 0 Å². The lowest BCUT2D eigenvalue weighted by atomic mass is 9.76. The Morgan fingerprint density at radius 3 is 2.91 bits per heavy atom. The average Bonchev–Trinajstić information content (AvgIpc) is 3.38. The second kappa shape index (κ2) is 9.21. The van der Waals surface area contributed by atoms with Crippen molar-refractivity contribution in [3.63, 3.8) is 0 Å². The molecule has 3 heterocycles. The molecule has 0 bridgehead atoms. The van der Waals surface area contributed by atoms with Crippen LogP contribution in [0, 0.1) is 11.3 Å². The summed E-state index contributed by atoms with van der Waals surface area (Å²) in [6.45, 7) is 5.53. The quantitative estimate of drug-likeness (QED) is 0.642. The van der Waals surface area contributed by atoms with E-state index in [1.165, 1.54) is 18.7 Å². The van der Waals surface area contributed by atoms with Gasteiger partial charge in [0.25, 0.3) is 0 Å². The van der Waals surface area contributed by atoms with Gasteiger partial charge in [0.1, 0.15) is 35.9 Å². The van der Waals surface area contributed by atoms with E-state index >= 15 is 0 Å². The highest BCUT2D eigenvalue weighted by atomic mass is 35.5. The third kappa shape index (κ3) is 4.26. The van der Waals surface area contributed by atoms with Crippen molar-refractivity contribution in [2.24, 2.45) is 11.3 Å². The summed E-state index contributed by atoms with van der Waals surface area (Å²) in [5, 5.41) is 3.04. The van der Waals surface area contributed by atoms with E-state index in [0.29, 0.717) is 17.4 Å². The molecular formula is C25H28ClFN2O4. The number of ether oxygens (including phenoxy) is 2. The summed E-state index contributed by atoms with van der Waals surface area (Å²) >= 11 is 6.43. The van der Waals surface area contributed by atoms with E-state index in [2.05, 4.69) is 11.4 Å². The second-order valence-electron chi connectivity index (χ2n) is 8.66. The van der Waals surface area contributed by atoms with Crippen molar-refractivity contribution in [2.45, 2.75) is 33.6 Å². The topological polar surface area (TPSA) is 67.9 Å². The molecule has 1 N–H and O–H groups in total. The molecule has 0 radical (unpaired) electrons. The van der Waals surface area contributed by atoms with Crippen molar-refractivity contribution in [2.75, 3.05) is 26.3 Å². The Bertz CT molecular complexity index is 1060. The van der Waals surface area contributed by atoms with Crippen molar-refractivity contribution in [1.82, 2.24) is 10.2 Å². The molecule has 33 heavy (non-hydrogen) atoms. The van der Waals surface area contributed by atoms with E-state index in [1.54, 1.807) is 6.08 Å². The zero-order chi connectivity index (χ0) is 23.8. The molecule has 1 aliphatic carbocycles. The summed E-state index contributed by atoms with van der Waals surface area (Å²) in [6.07, 6.45) is 11.2. The van der Waals surface area contributed by atoms with E-state index in [4.69, 9.17) is 21.1 Å². The van der Waals surface area contributed by atoms with Crippen LogP contribution < -0.4 is 5.32 Å². The van der Waals surface area contributed by atoms with E-state index in [-0.39, 0.29) is 37.2 Å². The molecule has 1 spiro atoms. The van der Waals surface area contributed by atoms with Crippen molar-refractivity contribution in [3.05, 3.63) is 69.6 Å². The van der Waals surface area contributed by atoms with Crippen LogP contribution >= 0.6 is 11.6 Å². The lowest BCUT2D eigenvalue weighted by Crippen LogP contribution is -2.42. The Morgan fingerprint density at radius 2 is 2.18 bits per heavy atom. The Balaban J connectivity index is 1.71. The van der Waals surface area contributed by atoms with Crippen LogP contribution in [0.15, 0.2) is 69.6 Å². The number of fused-ring (bicyclic) bond motifs is 2. The van der Waals surface area contributed by atoms with Crippen LogP contribution in [0.3, 0.4) is 0 Å². The van der Waals surface area contributed by atoms with Gasteiger partial charge in [0.05, 0.1) is 6.61 Å². The summed E-state index contributed by atoms with van der Waals surface area (Å²) in [4.78, 5) is 27.8. The molecule has 2 fully saturated rings. The third-order valence-electron chi connectivity index (χ3n) is 6.45. The van der Waals surface area contributed by atoms with Gasteiger partial charge in [-0.25, -0.2) is 4.39 Å². The predicted molar refractivity (Wildman–Crippen MR) is 123 cm³/mol. The van der Waals surface area contributed by atoms with E-state index in [0.717, 1.165) is 29.7 Å². The van der Waals surface area contributed by atoms with Gasteiger partial charge in [-0.15, -0.1) is 0 Å². The number of carbonyl (C=O) groups is 2. The third-order valence-corrected chi connectivity index (χ3v) is 6.72. The minimum Gasteiger partial charge on any atom is -0.497 e. The van der Waals surface area contributed by atoms with Crippen LogP contribution in [0.25, 0.3) is 0 Å². The highest BCUT2D eigenvalue weighted by Gasteiger charge is 2.57. The molecule has 2 saturated heterocycles. The normalized spacial score (nSPS) is 28.4. The molecule has 4 rings (SSSR count). The Hall–Kier alpha value is -2.80. The SMILES string of the molecule is CC/C=C(Cl)\C=C1/CN(CC(=O)N/C(C)=C(/C)F)C(=O)C12COC1=C2C=CC2CCOC2=C1. The monoisotopic (exact) mass is 474 g/mol. The summed E-state index contributed by atoms with van der Waals surface area (Å²) < 4.78 is 25.2. The molecule has 0 aromatic rings. The van der Waals surface area contributed by atoms with Gasteiger partial charge < -0.3 is 19.7 Å². The maximum atomic E-state index is 13.8. The van der Waals surface area contributed by atoms with Crippen LogP contribution in [0.5, 0.6) is 0 Å². The minimum atomic E-state index is -1.07. The zero-order valence-electron chi connectivity index (χ0n) is 19.0. The number of allylic oxidation sites excluding steroid dienone is 8. The number of nitrogens with one attached hydrogen (secondary N) is 1. The van der Waals surface area contributed by atoms with Gasteiger partial charge in [-0.2, -0.15) is 0 Å². The average molecular weight is 475 g/mol. The molecule has 176 valence electrons. The molecule has 2 amide bonds. The molecule has 4 aliphatic rings. The summed E-state index contributed by atoms with van der Waals surface area (Å²) in [7, 11) is 0. The van der Waals surface area contributed by atoms with Gasteiger partial charge in [0, 0.05) is 34.8 Å². The Morgan fingerprint density at radius 1 is 1.39 bits per heavy atom. The number of halogens is 2. The zero-order valence-corrected chi connectivity index (χ0v) is 19.8. The van der Waals surface area contributed by atoms with Gasteiger partial charge >= 0.3 is 0 Å². The van der Waals surface area contributed by atoms with Crippen molar-refractivity contribution in [3.8, 4) is 0 Å². The number of amides is 2. The minimum absolute atomic E-state index is 0.123. The first-order valence-electron chi connectivity index (χ1n) is 11.1. The standard InChI is InChI=1S/C25H28ClFN2O4/c1-4-5-19(26)10-18-12-29(13-23(30)28-16(3)15(2)27)24(31)25(18)14-33-22-11-21-17(8-9-32-21)6-7-20(22)25/h5-7,10-11,17H,4,8-9,12-14H2,1-3H3,(H,28,30)/b16-15-,18-10+,19-5+. The Labute approximate surface area is 198 Å². The summed E-state index contributed by atoms with van der Waals surface area (Å²) in [5.74, 6) is 0.438. The van der Waals surface area contributed by atoms with Crippen molar-refractivity contribution >= 4 is 23.4 Å². The number of hydrogen-bond acceptors (Lipinski definition) is 4. The van der Waals surface area contributed by atoms with Gasteiger partial charge in [-0.3, -0.25) is 9.59 Å². The van der Waals surface area contributed by atoms with Gasteiger partial charge in [0.2, 0.25) is 11.8 Å². The molecule has 8 heteroatoms. The first-order chi connectivity index (χ1) is 15.8. The summed E-state index contributed by atoms with van der Waals surface area (Å²) in [6, 6.07) is 0. The van der Waals surface area contributed by atoms with E-state index < -0.39 is 17.1 Å². The molecule has 3 aliphatic heterocycles. The Kier molecular flexibility index (Phi) is 6.52. The van der Waals surface area contributed by atoms with Crippen LogP contribution in [0.2, 0.25) is 0 Å². The molecule has 0 aromatic carbocycles. The first kappa shape index (κ1) is 23.4. The van der Waals surface area contributed by atoms with Crippen LogP contribution in [-0.2, 0) is 19.1 Å². The molecular weight excluding hydrogens is 447 g/mol. The predicted octanol–water partition coefficient (Wildman–Crippen LogP) is 4.39. The van der Waals surface area contributed by atoms with E-state index in [9.17, 15) is 14.0 Å². The fourth-order valence-electron chi connectivity index (χ4n) is 4.62. The molecule has 0 saturated carbocycles.